The predicted molar refractivity (Wildman–Crippen MR) is 47.5 cm³/mol. The number of aromatic nitrogens is 2. The first kappa shape index (κ1) is 11.0. The van der Waals surface area contributed by atoms with Crippen molar-refractivity contribution in [2.24, 2.45) is 0 Å². The van der Waals surface area contributed by atoms with Crippen LogP contribution in [0.4, 0.5) is 0 Å². The van der Waals surface area contributed by atoms with Crippen LogP contribution in [0.2, 0.25) is 0 Å². The third-order valence-corrected chi connectivity index (χ3v) is 1.59. The fourth-order valence-electron chi connectivity index (χ4n) is 1.03. The molecule has 0 saturated heterocycles. The molecule has 0 saturated carbocycles. The zero-order valence-electron chi connectivity index (χ0n) is 6.89. The van der Waals surface area contributed by atoms with Crippen molar-refractivity contribution in [3.63, 3.8) is 0 Å². The van der Waals surface area contributed by atoms with Gasteiger partial charge in [0, 0.05) is 12.4 Å². The maximum absolute atomic E-state index is 4.19. The maximum atomic E-state index is 4.19. The molecule has 0 atom stereocenters. The Balaban J connectivity index is 0.000000845. The molecule has 0 amide bonds. The molecule has 0 radical (unpaired) electrons. The Labute approximate surface area is 118 Å². The molecule has 2 nitrogen and oxygen atoms in total. The molecule has 0 N–H and O–H groups in total. The van der Waals surface area contributed by atoms with Gasteiger partial charge in [-0.25, -0.2) is 0 Å². The van der Waals surface area contributed by atoms with E-state index in [2.05, 4.69) is 9.97 Å². The minimum Gasteiger partial charge on any atom is -0.255 e. The number of nitrogens with zero attached hydrogens (tertiary/aromatic N) is 2. The van der Waals surface area contributed by atoms with E-state index in [4.69, 9.17) is 0 Å². The summed E-state index contributed by atoms with van der Waals surface area (Å²) >= 11 is 0. The summed E-state index contributed by atoms with van der Waals surface area (Å²) in [6, 6.07) is 11.6. The van der Waals surface area contributed by atoms with Gasteiger partial charge in [-0.15, -0.1) is 0 Å². The molecule has 0 aliphatic rings. The van der Waals surface area contributed by atoms with Gasteiger partial charge in [-0.3, -0.25) is 9.97 Å². The summed E-state index contributed by atoms with van der Waals surface area (Å²) in [5, 5.41) is 0. The Morgan fingerprint density at radius 3 is 1.46 bits per heavy atom. The van der Waals surface area contributed by atoms with Crippen molar-refractivity contribution >= 4 is 0 Å². The normalized spacial score (nSPS) is 8.92. The van der Waals surface area contributed by atoms with E-state index in [-0.39, 0.29) is 49.4 Å². The molecule has 0 bridgehead atoms. The van der Waals surface area contributed by atoms with Crippen LogP contribution in [-0.4, -0.2) is 9.97 Å². The second-order valence-electron chi connectivity index (χ2n) is 2.43. The van der Waals surface area contributed by atoms with Gasteiger partial charge < -0.3 is 0 Å². The summed E-state index contributed by atoms with van der Waals surface area (Å²) < 4.78 is 0. The van der Waals surface area contributed by atoms with Crippen molar-refractivity contribution in [2.45, 2.75) is 0 Å². The SMILES string of the molecule is [Eu+3].c1ccc(-c2ccccn2)nc1. The second-order valence-corrected chi connectivity index (χ2v) is 2.43. The first-order chi connectivity index (χ1) is 5.97. The largest absolute Gasteiger partial charge is 3.00 e. The molecule has 2 aromatic rings. The van der Waals surface area contributed by atoms with E-state index in [0.29, 0.717) is 0 Å². The fourth-order valence-corrected chi connectivity index (χ4v) is 1.03. The van der Waals surface area contributed by atoms with E-state index in [0.717, 1.165) is 11.4 Å². The topological polar surface area (TPSA) is 25.8 Å². The molecule has 2 aromatic heterocycles. The molecule has 0 aliphatic carbocycles. The molecule has 13 heavy (non-hydrogen) atoms. The van der Waals surface area contributed by atoms with Crippen LogP contribution < -0.4 is 0 Å². The molecule has 62 valence electrons. The van der Waals surface area contributed by atoms with Gasteiger partial charge in [0.1, 0.15) is 0 Å². The van der Waals surface area contributed by atoms with Gasteiger partial charge in [0.25, 0.3) is 0 Å². The number of pyridine rings is 2. The average Bonchev–Trinajstić information content (AvgIpc) is 2.21. The summed E-state index contributed by atoms with van der Waals surface area (Å²) in [6.07, 6.45) is 3.54. The summed E-state index contributed by atoms with van der Waals surface area (Å²) in [5.41, 5.74) is 1.83. The van der Waals surface area contributed by atoms with Crippen LogP contribution in [0.25, 0.3) is 11.4 Å². The number of hydrogen-bond donors (Lipinski definition) is 0. The molecule has 2 rings (SSSR count). The maximum Gasteiger partial charge on any atom is 3.00 e. The predicted octanol–water partition coefficient (Wildman–Crippen LogP) is 2.14. The van der Waals surface area contributed by atoms with Crippen molar-refractivity contribution in [2.75, 3.05) is 0 Å². The van der Waals surface area contributed by atoms with Crippen LogP contribution >= 0.6 is 0 Å². The van der Waals surface area contributed by atoms with Crippen molar-refractivity contribution in [1.82, 2.24) is 9.97 Å². The fraction of sp³-hybridized carbons (Fsp3) is 0. The molecule has 0 aromatic carbocycles. The van der Waals surface area contributed by atoms with Crippen LogP contribution in [-0.2, 0) is 0 Å². The Kier molecular flexibility index (Phi) is 4.71. The summed E-state index contributed by atoms with van der Waals surface area (Å²) in [4.78, 5) is 8.37. The zero-order valence-corrected chi connectivity index (χ0v) is 9.32. The monoisotopic (exact) mass is 309 g/mol. The minimum atomic E-state index is 0. The van der Waals surface area contributed by atoms with E-state index >= 15 is 0 Å². The Bertz CT molecular complexity index is 310. The van der Waals surface area contributed by atoms with Gasteiger partial charge in [0.05, 0.1) is 11.4 Å². The van der Waals surface area contributed by atoms with Gasteiger partial charge >= 0.3 is 49.4 Å². The zero-order chi connectivity index (χ0) is 8.23. The Hall–Kier alpha value is -0.116. The van der Waals surface area contributed by atoms with E-state index in [1.807, 2.05) is 36.4 Å². The van der Waals surface area contributed by atoms with Crippen molar-refractivity contribution in [3.8, 4) is 11.4 Å². The Morgan fingerprint density at radius 2 is 1.15 bits per heavy atom. The van der Waals surface area contributed by atoms with Crippen molar-refractivity contribution in [1.29, 1.82) is 0 Å². The van der Waals surface area contributed by atoms with Crippen LogP contribution in [0.15, 0.2) is 48.8 Å². The van der Waals surface area contributed by atoms with Gasteiger partial charge in [-0.1, -0.05) is 12.1 Å². The molecule has 0 unspecified atom stereocenters. The molecular formula is C10H8EuN2+3. The quantitative estimate of drug-likeness (QED) is 0.807. The number of rotatable bonds is 1. The standard InChI is InChI=1S/C10H8N2.Eu/c1-3-7-11-9(5-1)10-6-2-4-8-12-10;/h1-8H;/q;+3. The van der Waals surface area contributed by atoms with E-state index < -0.39 is 0 Å². The summed E-state index contributed by atoms with van der Waals surface area (Å²) in [6.45, 7) is 0. The van der Waals surface area contributed by atoms with Crippen LogP contribution in [0, 0.1) is 49.4 Å². The van der Waals surface area contributed by atoms with Gasteiger partial charge in [0.2, 0.25) is 0 Å². The molecular weight excluding hydrogens is 300 g/mol. The molecule has 3 heteroatoms. The smallest absolute Gasteiger partial charge is 0.255 e. The molecule has 0 fully saturated rings. The number of hydrogen-bond acceptors (Lipinski definition) is 2. The van der Waals surface area contributed by atoms with Gasteiger partial charge in [-0.2, -0.15) is 0 Å². The molecule has 2 heterocycles. The van der Waals surface area contributed by atoms with Crippen LogP contribution in [0.3, 0.4) is 0 Å². The van der Waals surface area contributed by atoms with Crippen LogP contribution in [0.5, 0.6) is 0 Å². The second kappa shape index (κ2) is 5.58. The van der Waals surface area contributed by atoms with E-state index in [9.17, 15) is 0 Å². The minimum absolute atomic E-state index is 0. The average molecular weight is 308 g/mol. The van der Waals surface area contributed by atoms with Crippen molar-refractivity contribution in [3.05, 3.63) is 48.8 Å². The van der Waals surface area contributed by atoms with E-state index in [1.165, 1.54) is 0 Å². The first-order valence-electron chi connectivity index (χ1n) is 3.79. The third-order valence-electron chi connectivity index (χ3n) is 1.59. The van der Waals surface area contributed by atoms with Gasteiger partial charge in [0.15, 0.2) is 0 Å². The molecule has 0 spiro atoms. The van der Waals surface area contributed by atoms with Crippen LogP contribution in [0.1, 0.15) is 0 Å². The van der Waals surface area contributed by atoms with Crippen molar-refractivity contribution < 1.29 is 49.4 Å². The summed E-state index contributed by atoms with van der Waals surface area (Å²) in [5.74, 6) is 0. The van der Waals surface area contributed by atoms with Gasteiger partial charge in [-0.05, 0) is 24.3 Å². The Morgan fingerprint density at radius 1 is 0.692 bits per heavy atom. The summed E-state index contributed by atoms with van der Waals surface area (Å²) in [7, 11) is 0. The first-order valence-corrected chi connectivity index (χ1v) is 3.79. The third kappa shape index (κ3) is 2.94. The van der Waals surface area contributed by atoms with E-state index in [1.54, 1.807) is 12.4 Å². The molecule has 0 aliphatic heterocycles.